The molecule has 1 heterocycles. The smallest absolute Gasteiger partial charge is 0.306 e. The molecule has 0 aliphatic heterocycles. The van der Waals surface area contributed by atoms with Gasteiger partial charge in [0.2, 0.25) is 5.78 Å². The lowest BCUT2D eigenvalue weighted by Gasteiger charge is -2.07. The van der Waals surface area contributed by atoms with Crippen LogP contribution in [-0.2, 0) is 22.6 Å². The first-order valence-corrected chi connectivity index (χ1v) is 10.6. The van der Waals surface area contributed by atoms with E-state index in [1.165, 1.54) is 18.2 Å². The molecular formula is C26H22N2O5. The minimum absolute atomic E-state index is 0.139. The second-order valence-electron chi connectivity index (χ2n) is 7.66. The van der Waals surface area contributed by atoms with Crippen LogP contribution in [0, 0.1) is 10.1 Å². The Morgan fingerprint density at radius 2 is 1.70 bits per heavy atom. The Bertz CT molecular complexity index is 1310. The molecule has 0 atom stereocenters. The van der Waals surface area contributed by atoms with E-state index in [0.717, 1.165) is 22.0 Å². The van der Waals surface area contributed by atoms with Crippen LogP contribution in [0.1, 0.15) is 40.0 Å². The number of benzene rings is 3. The van der Waals surface area contributed by atoms with Crippen LogP contribution < -0.4 is 0 Å². The molecule has 3 aromatic carbocycles. The number of H-pyrrole nitrogens is 1. The summed E-state index contributed by atoms with van der Waals surface area (Å²) in [6.07, 6.45) is 1.21. The van der Waals surface area contributed by atoms with E-state index in [4.69, 9.17) is 4.74 Å². The Hall–Kier alpha value is -4.26. The Kier molecular flexibility index (Phi) is 6.59. The number of hydrogen-bond acceptors (Lipinski definition) is 5. The predicted octanol–water partition coefficient (Wildman–Crippen LogP) is 5.37. The van der Waals surface area contributed by atoms with Crippen molar-refractivity contribution in [2.45, 2.75) is 25.9 Å². The number of rotatable bonds is 9. The average molecular weight is 442 g/mol. The van der Waals surface area contributed by atoms with Crippen molar-refractivity contribution >= 4 is 28.3 Å². The third kappa shape index (κ3) is 5.15. The molecule has 0 aliphatic carbocycles. The first kappa shape index (κ1) is 22.0. The second-order valence-corrected chi connectivity index (χ2v) is 7.66. The molecule has 0 spiro atoms. The van der Waals surface area contributed by atoms with Crippen molar-refractivity contribution in [2.75, 3.05) is 0 Å². The highest BCUT2D eigenvalue weighted by Gasteiger charge is 2.21. The molecule has 0 amide bonds. The second kappa shape index (κ2) is 9.91. The van der Waals surface area contributed by atoms with E-state index in [1.54, 1.807) is 6.07 Å². The number of non-ortho nitro benzene ring substituents is 1. The summed E-state index contributed by atoms with van der Waals surface area (Å²) in [7, 11) is 0. The lowest BCUT2D eigenvalue weighted by molar-refractivity contribution is -0.384. The van der Waals surface area contributed by atoms with Gasteiger partial charge in [-0.1, -0.05) is 60.7 Å². The van der Waals surface area contributed by atoms with Crippen LogP contribution in [0.25, 0.3) is 10.9 Å². The van der Waals surface area contributed by atoms with Crippen LogP contribution in [0.5, 0.6) is 0 Å². The van der Waals surface area contributed by atoms with Crippen molar-refractivity contribution in [3.05, 3.63) is 111 Å². The number of nitrogens with zero attached hydrogens (tertiary/aromatic N) is 1. The quantitative estimate of drug-likeness (QED) is 0.162. The molecule has 1 aromatic heterocycles. The molecule has 33 heavy (non-hydrogen) atoms. The van der Waals surface area contributed by atoms with Crippen molar-refractivity contribution in [1.82, 2.24) is 4.98 Å². The van der Waals surface area contributed by atoms with Gasteiger partial charge in [-0.05, 0) is 30.0 Å². The number of hydrogen-bond donors (Lipinski definition) is 1. The van der Waals surface area contributed by atoms with Gasteiger partial charge in [-0.3, -0.25) is 19.7 Å². The van der Waals surface area contributed by atoms with Crippen LogP contribution in [0.2, 0.25) is 0 Å². The maximum absolute atomic E-state index is 13.2. The van der Waals surface area contributed by atoms with E-state index >= 15 is 0 Å². The number of ether oxygens (including phenoxy) is 1. The zero-order chi connectivity index (χ0) is 23.2. The first-order chi connectivity index (χ1) is 16.0. The van der Waals surface area contributed by atoms with E-state index in [2.05, 4.69) is 4.98 Å². The van der Waals surface area contributed by atoms with Gasteiger partial charge in [0.1, 0.15) is 6.61 Å². The van der Waals surface area contributed by atoms with Crippen molar-refractivity contribution in [2.24, 2.45) is 0 Å². The van der Waals surface area contributed by atoms with Crippen molar-refractivity contribution in [3.63, 3.8) is 0 Å². The number of fused-ring (bicyclic) bond motifs is 1. The fourth-order valence-corrected chi connectivity index (χ4v) is 3.78. The van der Waals surface area contributed by atoms with E-state index in [1.807, 2.05) is 54.6 Å². The average Bonchev–Trinajstić information content (AvgIpc) is 3.21. The molecule has 0 saturated heterocycles. The number of aromatic nitrogens is 1. The maximum Gasteiger partial charge on any atom is 0.306 e. The SMILES string of the molecule is O=C(CCCc1c(C(=O)c2cccc([N+](=O)[O-])c2)[nH]c2ccccc12)OCc1ccccc1. The third-order valence-electron chi connectivity index (χ3n) is 5.41. The van der Waals surface area contributed by atoms with Gasteiger partial charge in [0, 0.05) is 35.0 Å². The molecule has 0 saturated carbocycles. The van der Waals surface area contributed by atoms with Gasteiger partial charge in [-0.15, -0.1) is 0 Å². The molecule has 7 nitrogen and oxygen atoms in total. The summed E-state index contributed by atoms with van der Waals surface area (Å²) >= 11 is 0. The molecule has 0 radical (unpaired) electrons. The summed E-state index contributed by atoms with van der Waals surface area (Å²) in [5.74, 6) is -0.623. The van der Waals surface area contributed by atoms with Gasteiger partial charge in [-0.25, -0.2) is 0 Å². The van der Waals surface area contributed by atoms with Crippen LogP contribution in [0.15, 0.2) is 78.9 Å². The molecule has 166 valence electrons. The molecule has 4 rings (SSSR count). The highest BCUT2D eigenvalue weighted by molar-refractivity contribution is 6.12. The van der Waals surface area contributed by atoms with Crippen molar-refractivity contribution < 1.29 is 19.2 Å². The number of nitrogens with one attached hydrogen (secondary N) is 1. The van der Waals surface area contributed by atoms with Gasteiger partial charge < -0.3 is 9.72 Å². The lowest BCUT2D eigenvalue weighted by Crippen LogP contribution is -2.08. The number of esters is 1. The van der Waals surface area contributed by atoms with Crippen LogP contribution in [0.3, 0.4) is 0 Å². The number of nitro benzene ring substituents is 1. The summed E-state index contributed by atoms with van der Waals surface area (Å²) in [4.78, 5) is 39.2. The molecule has 7 heteroatoms. The summed E-state index contributed by atoms with van der Waals surface area (Å²) in [6, 6.07) is 22.7. The summed E-state index contributed by atoms with van der Waals surface area (Å²) in [5, 5.41) is 12.0. The Balaban J connectivity index is 1.49. The first-order valence-electron chi connectivity index (χ1n) is 10.6. The number of nitro groups is 1. The molecule has 0 unspecified atom stereocenters. The Labute approximate surface area is 190 Å². The summed E-state index contributed by atoms with van der Waals surface area (Å²) < 4.78 is 5.34. The molecule has 0 fully saturated rings. The molecule has 1 N–H and O–H groups in total. The number of ketones is 1. The Morgan fingerprint density at radius 1 is 0.939 bits per heavy atom. The number of carbonyl (C=O) groups excluding carboxylic acids is 2. The standard InChI is InChI=1S/C26H22N2O5/c29-24(33-17-18-8-2-1-3-9-18)15-7-13-22-21-12-4-5-14-23(21)27-25(22)26(30)19-10-6-11-20(16-19)28(31)32/h1-6,8-12,14,16,27H,7,13,15,17H2. The predicted molar refractivity (Wildman–Crippen MR) is 124 cm³/mol. The van der Waals surface area contributed by atoms with Crippen LogP contribution in [-0.4, -0.2) is 21.7 Å². The molecule has 0 aliphatic rings. The molecular weight excluding hydrogens is 420 g/mol. The van der Waals surface area contributed by atoms with E-state index in [0.29, 0.717) is 18.5 Å². The van der Waals surface area contributed by atoms with Crippen LogP contribution >= 0.6 is 0 Å². The minimum Gasteiger partial charge on any atom is -0.461 e. The third-order valence-corrected chi connectivity index (χ3v) is 5.41. The number of aromatic amines is 1. The zero-order valence-corrected chi connectivity index (χ0v) is 17.8. The highest BCUT2D eigenvalue weighted by Crippen LogP contribution is 2.27. The van der Waals surface area contributed by atoms with Gasteiger partial charge >= 0.3 is 5.97 Å². The number of para-hydroxylation sites is 1. The zero-order valence-electron chi connectivity index (χ0n) is 17.8. The fourth-order valence-electron chi connectivity index (χ4n) is 3.78. The number of aryl methyl sites for hydroxylation is 1. The normalized spacial score (nSPS) is 10.8. The van der Waals surface area contributed by atoms with Crippen LogP contribution in [0.4, 0.5) is 5.69 Å². The monoisotopic (exact) mass is 442 g/mol. The fraction of sp³-hybridized carbons (Fsp3) is 0.154. The van der Waals surface area contributed by atoms with Gasteiger partial charge in [0.15, 0.2) is 0 Å². The van der Waals surface area contributed by atoms with Crippen molar-refractivity contribution in [3.8, 4) is 0 Å². The number of carbonyl (C=O) groups is 2. The van der Waals surface area contributed by atoms with Gasteiger partial charge in [0.25, 0.3) is 5.69 Å². The van der Waals surface area contributed by atoms with E-state index in [9.17, 15) is 19.7 Å². The minimum atomic E-state index is -0.524. The van der Waals surface area contributed by atoms with Gasteiger partial charge in [0.05, 0.1) is 10.6 Å². The largest absolute Gasteiger partial charge is 0.461 e. The van der Waals surface area contributed by atoms with Crippen molar-refractivity contribution in [1.29, 1.82) is 0 Å². The van der Waals surface area contributed by atoms with E-state index in [-0.39, 0.29) is 36.0 Å². The summed E-state index contributed by atoms with van der Waals surface area (Å²) in [6.45, 7) is 0.225. The maximum atomic E-state index is 13.2. The lowest BCUT2D eigenvalue weighted by atomic mass is 9.99. The Morgan fingerprint density at radius 3 is 2.48 bits per heavy atom. The molecule has 4 aromatic rings. The molecule has 0 bridgehead atoms. The van der Waals surface area contributed by atoms with E-state index < -0.39 is 4.92 Å². The highest BCUT2D eigenvalue weighted by atomic mass is 16.6. The summed E-state index contributed by atoms with van der Waals surface area (Å²) in [5.41, 5.74) is 2.99. The topological polar surface area (TPSA) is 102 Å². The van der Waals surface area contributed by atoms with Gasteiger partial charge in [-0.2, -0.15) is 0 Å².